The molecule has 0 unspecified atom stereocenters. The van der Waals surface area contributed by atoms with Crippen LogP contribution >= 0.6 is 0 Å². The van der Waals surface area contributed by atoms with Gasteiger partial charge in [0.25, 0.3) is 0 Å². The Hall–Kier alpha value is 0.628. The SMILES string of the molecule is CCO[Si](OCC)O[Si](C)(C)O[Si](C)(C)O[Si](C)(C)OCC. The second-order valence-electron chi connectivity index (χ2n) is 6.05. The molecular formula is C12H33O6Si4. The molecule has 0 bridgehead atoms. The van der Waals surface area contributed by atoms with E-state index < -0.39 is 35.2 Å². The molecule has 0 aliphatic carbocycles. The summed E-state index contributed by atoms with van der Waals surface area (Å²) in [5.74, 6) is 0. The van der Waals surface area contributed by atoms with Crippen LogP contribution in [0.5, 0.6) is 0 Å². The second-order valence-corrected chi connectivity index (χ2v) is 18.3. The maximum Gasteiger partial charge on any atom is 0.568 e. The van der Waals surface area contributed by atoms with Crippen molar-refractivity contribution in [2.75, 3.05) is 19.8 Å². The zero-order valence-electron chi connectivity index (χ0n) is 15.6. The first kappa shape index (κ1) is 22.6. The Kier molecular flexibility index (Phi) is 10.1. The zero-order chi connectivity index (χ0) is 17.4. The molecule has 0 heterocycles. The van der Waals surface area contributed by atoms with E-state index in [1.54, 1.807) is 0 Å². The summed E-state index contributed by atoms with van der Waals surface area (Å²) in [5, 5.41) is 0. The van der Waals surface area contributed by atoms with Gasteiger partial charge in [-0.2, -0.15) is 0 Å². The smallest absolute Gasteiger partial charge is 0.416 e. The molecular weight excluding hydrogens is 352 g/mol. The zero-order valence-corrected chi connectivity index (χ0v) is 19.6. The van der Waals surface area contributed by atoms with Gasteiger partial charge in [-0.25, -0.2) is 0 Å². The molecule has 6 nitrogen and oxygen atoms in total. The van der Waals surface area contributed by atoms with Crippen molar-refractivity contribution in [1.29, 1.82) is 0 Å². The predicted molar refractivity (Wildman–Crippen MR) is 96.3 cm³/mol. The van der Waals surface area contributed by atoms with Crippen molar-refractivity contribution in [1.82, 2.24) is 0 Å². The van der Waals surface area contributed by atoms with E-state index in [-0.39, 0.29) is 0 Å². The minimum absolute atomic E-state index is 0.570. The molecule has 1 radical (unpaired) electrons. The lowest BCUT2D eigenvalue weighted by Gasteiger charge is -2.38. The van der Waals surface area contributed by atoms with Gasteiger partial charge >= 0.3 is 35.2 Å². The summed E-state index contributed by atoms with van der Waals surface area (Å²) in [4.78, 5) is 0. The van der Waals surface area contributed by atoms with Gasteiger partial charge in [-0.1, -0.05) is 0 Å². The van der Waals surface area contributed by atoms with E-state index in [1.807, 2.05) is 60.1 Å². The fraction of sp³-hybridized carbons (Fsp3) is 1.00. The quantitative estimate of drug-likeness (QED) is 0.481. The highest BCUT2D eigenvalue weighted by molar-refractivity contribution is 6.85. The molecule has 0 atom stereocenters. The molecule has 0 spiro atoms. The maximum atomic E-state index is 6.28. The molecule has 0 aromatic rings. The molecule has 0 aliphatic heterocycles. The molecule has 0 fully saturated rings. The normalized spacial score (nSPS) is 13.9. The highest BCUT2D eigenvalue weighted by Crippen LogP contribution is 2.22. The van der Waals surface area contributed by atoms with E-state index >= 15 is 0 Å². The van der Waals surface area contributed by atoms with Crippen molar-refractivity contribution in [3.05, 3.63) is 0 Å². The average molecular weight is 386 g/mol. The van der Waals surface area contributed by atoms with E-state index in [4.69, 9.17) is 25.6 Å². The molecule has 22 heavy (non-hydrogen) atoms. The van der Waals surface area contributed by atoms with Gasteiger partial charge in [-0.3, -0.25) is 0 Å². The highest BCUT2D eigenvalue weighted by atomic mass is 28.5. The topological polar surface area (TPSA) is 55.4 Å². The van der Waals surface area contributed by atoms with Crippen LogP contribution < -0.4 is 0 Å². The van der Waals surface area contributed by atoms with E-state index in [1.165, 1.54) is 0 Å². The Morgan fingerprint density at radius 1 is 0.636 bits per heavy atom. The standard InChI is InChI=1S/C12H33O6Si4/c1-10-13-19(14-11-2)16-21(6,7)18-22(8,9)17-20(4,5)15-12-3/h10-12H2,1-9H3. The first-order valence-electron chi connectivity index (χ1n) is 7.82. The van der Waals surface area contributed by atoms with Gasteiger partial charge in [0.15, 0.2) is 0 Å². The van der Waals surface area contributed by atoms with Gasteiger partial charge in [-0.05, 0) is 60.1 Å². The van der Waals surface area contributed by atoms with Crippen LogP contribution in [0.1, 0.15) is 20.8 Å². The lowest BCUT2D eigenvalue weighted by atomic mass is 10.9. The summed E-state index contributed by atoms with van der Waals surface area (Å²) in [7, 11) is -8.65. The third-order valence-electron chi connectivity index (χ3n) is 2.33. The van der Waals surface area contributed by atoms with Crippen LogP contribution in [0, 0.1) is 0 Å². The van der Waals surface area contributed by atoms with E-state index in [9.17, 15) is 0 Å². The van der Waals surface area contributed by atoms with Gasteiger partial charge in [0.05, 0.1) is 0 Å². The Morgan fingerprint density at radius 2 is 1.09 bits per heavy atom. The predicted octanol–water partition coefficient (Wildman–Crippen LogP) is 3.24. The van der Waals surface area contributed by atoms with Crippen LogP contribution in [0.25, 0.3) is 0 Å². The van der Waals surface area contributed by atoms with E-state index in [0.29, 0.717) is 19.8 Å². The molecule has 0 amide bonds. The summed E-state index contributed by atoms with van der Waals surface area (Å²) in [6.07, 6.45) is 0. The average Bonchev–Trinajstić information content (AvgIpc) is 2.24. The monoisotopic (exact) mass is 385 g/mol. The molecule has 0 aromatic carbocycles. The first-order chi connectivity index (χ1) is 9.97. The molecule has 0 saturated heterocycles. The third kappa shape index (κ3) is 10.4. The Bertz CT molecular complexity index is 308. The lowest BCUT2D eigenvalue weighted by molar-refractivity contribution is 0.138. The Morgan fingerprint density at radius 3 is 1.50 bits per heavy atom. The molecule has 0 rings (SSSR count). The Labute approximate surface area is 141 Å². The number of hydrogen-bond donors (Lipinski definition) is 0. The molecule has 0 N–H and O–H groups in total. The number of hydrogen-bond acceptors (Lipinski definition) is 6. The summed E-state index contributed by atoms with van der Waals surface area (Å²) in [5.41, 5.74) is 0. The van der Waals surface area contributed by atoms with Crippen LogP contribution in [-0.4, -0.2) is 55.0 Å². The van der Waals surface area contributed by atoms with E-state index in [2.05, 4.69) is 0 Å². The Balaban J connectivity index is 4.71. The van der Waals surface area contributed by atoms with Gasteiger partial charge in [0.1, 0.15) is 0 Å². The van der Waals surface area contributed by atoms with Crippen LogP contribution in [0.3, 0.4) is 0 Å². The van der Waals surface area contributed by atoms with Gasteiger partial charge in [-0.15, -0.1) is 0 Å². The van der Waals surface area contributed by atoms with Gasteiger partial charge < -0.3 is 25.6 Å². The summed E-state index contributed by atoms with van der Waals surface area (Å²) in [6, 6.07) is 0. The summed E-state index contributed by atoms with van der Waals surface area (Å²) >= 11 is 0. The lowest BCUT2D eigenvalue weighted by Crippen LogP contribution is -2.56. The van der Waals surface area contributed by atoms with Crippen molar-refractivity contribution in [2.24, 2.45) is 0 Å². The van der Waals surface area contributed by atoms with Gasteiger partial charge in [0, 0.05) is 19.8 Å². The molecule has 0 aromatic heterocycles. The van der Waals surface area contributed by atoms with E-state index in [0.717, 1.165) is 0 Å². The van der Waals surface area contributed by atoms with Crippen molar-refractivity contribution in [3.63, 3.8) is 0 Å². The van der Waals surface area contributed by atoms with Crippen molar-refractivity contribution < 1.29 is 25.6 Å². The fourth-order valence-electron chi connectivity index (χ4n) is 2.14. The summed E-state index contributed by atoms with van der Waals surface area (Å²) in [6.45, 7) is 19.8. The maximum absolute atomic E-state index is 6.28. The molecule has 133 valence electrons. The van der Waals surface area contributed by atoms with Crippen LogP contribution in [-0.2, 0) is 25.6 Å². The van der Waals surface area contributed by atoms with Crippen molar-refractivity contribution in [2.45, 2.75) is 60.1 Å². The van der Waals surface area contributed by atoms with Crippen LogP contribution in [0.4, 0.5) is 0 Å². The van der Waals surface area contributed by atoms with Gasteiger partial charge in [0.2, 0.25) is 0 Å². The summed E-state index contributed by atoms with van der Waals surface area (Å²) < 4.78 is 35.4. The third-order valence-corrected chi connectivity index (χ3v) is 14.9. The highest BCUT2D eigenvalue weighted by Gasteiger charge is 2.43. The fourth-order valence-corrected chi connectivity index (χ4v) is 16.3. The minimum Gasteiger partial charge on any atom is -0.416 e. The number of rotatable bonds is 12. The van der Waals surface area contributed by atoms with Crippen molar-refractivity contribution in [3.8, 4) is 0 Å². The molecule has 0 saturated carbocycles. The minimum atomic E-state index is -2.40. The second kappa shape index (κ2) is 9.81. The van der Waals surface area contributed by atoms with Crippen molar-refractivity contribution >= 4 is 35.2 Å². The molecule has 0 aliphatic rings. The molecule has 10 heteroatoms. The first-order valence-corrected chi connectivity index (χ1v) is 17.5. The largest absolute Gasteiger partial charge is 0.568 e. The van der Waals surface area contributed by atoms with Crippen LogP contribution in [0.2, 0.25) is 39.3 Å². The van der Waals surface area contributed by atoms with Crippen LogP contribution in [0.15, 0.2) is 0 Å².